The Morgan fingerprint density at radius 2 is 0.714 bits per heavy atom. The van der Waals surface area contributed by atoms with Gasteiger partial charge >= 0.3 is 25.7 Å². The van der Waals surface area contributed by atoms with E-state index in [4.69, 9.17) is 42.2 Å². The molecule has 18 unspecified atom stereocenters. The predicted octanol–water partition coefficient (Wildman–Crippen LogP) is 10.7. The molecule has 1 aliphatic carbocycles. The summed E-state index contributed by atoms with van der Waals surface area (Å²) in [6.45, 7) is 3.45. The van der Waals surface area contributed by atoms with Gasteiger partial charge in [0, 0.05) is 19.3 Å². The smallest absolute Gasteiger partial charge is 0.463 e. The Labute approximate surface area is 586 Å². The molecule has 2 aliphatic heterocycles. The molecule has 25 heteroatoms. The second kappa shape index (κ2) is 55.2. The van der Waals surface area contributed by atoms with E-state index in [1.165, 1.54) is 135 Å². The summed E-state index contributed by atoms with van der Waals surface area (Å²) in [7, 11) is -5.69. The molecule has 18 atom stereocenters. The summed E-state index contributed by atoms with van der Waals surface area (Å²) in [5.41, 5.74) is 0. The topological polar surface area (TPSA) is 374 Å². The average molecular weight is 1430 g/mol. The Morgan fingerprint density at radius 1 is 0.388 bits per heavy atom. The number of allylic oxidation sites excluding steroid dienone is 2. The van der Waals surface area contributed by atoms with Crippen molar-refractivity contribution in [3.63, 3.8) is 0 Å². The lowest BCUT2D eigenvalue weighted by molar-refractivity contribution is -0.360. The van der Waals surface area contributed by atoms with Crippen molar-refractivity contribution in [1.29, 1.82) is 0 Å². The second-order valence-corrected chi connectivity index (χ2v) is 29.1. The van der Waals surface area contributed by atoms with Gasteiger partial charge in [0.2, 0.25) is 0 Å². The van der Waals surface area contributed by atoms with Crippen LogP contribution in [0.25, 0.3) is 0 Å². The highest BCUT2D eigenvalue weighted by Crippen LogP contribution is 2.49. The molecule has 0 aromatic heterocycles. The molecule has 0 amide bonds. The van der Waals surface area contributed by atoms with Gasteiger partial charge < -0.3 is 89.1 Å². The molecule has 0 bridgehead atoms. The van der Waals surface area contributed by atoms with E-state index in [-0.39, 0.29) is 19.3 Å². The highest BCUT2D eigenvalue weighted by Gasteiger charge is 2.58. The van der Waals surface area contributed by atoms with Crippen molar-refractivity contribution in [3.05, 3.63) is 12.2 Å². The van der Waals surface area contributed by atoms with Gasteiger partial charge in [-0.1, -0.05) is 251 Å². The summed E-state index contributed by atoms with van der Waals surface area (Å²) in [4.78, 5) is 51.0. The molecule has 0 aromatic carbocycles. The minimum atomic E-state index is -5.69. The van der Waals surface area contributed by atoms with E-state index < -0.39 is 156 Å². The molecule has 11 N–H and O–H groups in total. The van der Waals surface area contributed by atoms with Crippen LogP contribution in [-0.4, -0.2) is 204 Å². The van der Waals surface area contributed by atoms with E-state index in [1.807, 2.05) is 0 Å². The molecule has 98 heavy (non-hydrogen) atoms. The zero-order chi connectivity index (χ0) is 71.8. The third-order valence-corrected chi connectivity index (χ3v) is 20.0. The Morgan fingerprint density at radius 3 is 1.11 bits per heavy atom. The average Bonchev–Trinajstić information content (AvgIpc) is 0.762. The van der Waals surface area contributed by atoms with Crippen LogP contribution in [0.1, 0.15) is 303 Å². The summed E-state index contributed by atoms with van der Waals surface area (Å²) < 4.78 is 65.1. The normalized spacial score (nSPS) is 27.7. The van der Waals surface area contributed by atoms with Gasteiger partial charge in [0.1, 0.15) is 98.7 Å². The van der Waals surface area contributed by atoms with Gasteiger partial charge in [-0.3, -0.25) is 23.4 Å². The predicted molar refractivity (Wildman–Crippen MR) is 370 cm³/mol. The lowest BCUT2D eigenvalue weighted by atomic mass is 9.84. The van der Waals surface area contributed by atoms with E-state index >= 15 is 0 Å². The van der Waals surface area contributed by atoms with E-state index in [1.54, 1.807) is 0 Å². The third-order valence-electron chi connectivity index (χ3n) is 19.0. The van der Waals surface area contributed by atoms with Gasteiger partial charge in [-0.25, -0.2) is 4.57 Å². The fraction of sp³-hybridized carbons (Fsp3) is 0.932. The van der Waals surface area contributed by atoms with Crippen LogP contribution in [-0.2, 0) is 61.2 Å². The molecule has 2 heterocycles. The first-order valence-corrected chi connectivity index (χ1v) is 40.0. The number of aliphatic hydroxyl groups is 10. The molecular weight excluding hydrogens is 1290 g/mol. The minimum Gasteiger partial charge on any atom is -0.463 e. The summed E-state index contributed by atoms with van der Waals surface area (Å²) in [5, 5.41) is 110. The lowest BCUT2D eigenvalue weighted by Gasteiger charge is -2.49. The third kappa shape index (κ3) is 37.9. The van der Waals surface area contributed by atoms with Gasteiger partial charge in [0.15, 0.2) is 18.7 Å². The minimum absolute atomic E-state index is 0.0319. The molecule has 2 saturated heterocycles. The molecule has 576 valence electrons. The molecule has 0 aromatic rings. The van der Waals surface area contributed by atoms with Crippen molar-refractivity contribution in [2.24, 2.45) is 0 Å². The molecule has 24 nitrogen and oxygen atoms in total. The Balaban J connectivity index is 1.73. The van der Waals surface area contributed by atoms with Crippen LogP contribution in [0, 0.1) is 0 Å². The first-order chi connectivity index (χ1) is 47.3. The summed E-state index contributed by atoms with van der Waals surface area (Å²) in [6.07, 6.45) is 14.1. The van der Waals surface area contributed by atoms with Gasteiger partial charge in [-0.2, -0.15) is 0 Å². The van der Waals surface area contributed by atoms with Crippen LogP contribution in [0.5, 0.6) is 0 Å². The lowest BCUT2D eigenvalue weighted by Crippen LogP contribution is -2.69. The van der Waals surface area contributed by atoms with E-state index in [9.17, 15) is 74.9 Å². The number of hydrogen-bond acceptors (Lipinski definition) is 23. The van der Waals surface area contributed by atoms with Crippen molar-refractivity contribution in [1.82, 2.24) is 0 Å². The summed E-state index contributed by atoms with van der Waals surface area (Å²) in [6, 6.07) is 0. The molecular formula is C73H135O24P. The zero-order valence-corrected chi connectivity index (χ0v) is 61.0. The summed E-state index contributed by atoms with van der Waals surface area (Å²) in [5.74, 6) is -1.98. The second-order valence-electron chi connectivity index (χ2n) is 27.7. The van der Waals surface area contributed by atoms with Crippen LogP contribution < -0.4 is 0 Å². The van der Waals surface area contributed by atoms with Gasteiger partial charge in [0.05, 0.1) is 13.2 Å². The molecule has 3 fully saturated rings. The fourth-order valence-electron chi connectivity index (χ4n) is 12.8. The number of rotatable bonds is 60. The Hall–Kier alpha value is -2.30. The highest BCUT2D eigenvalue weighted by atomic mass is 31.2. The molecule has 0 radical (unpaired) electrons. The number of aliphatic hydroxyl groups excluding tert-OH is 10. The molecule has 1 saturated carbocycles. The van der Waals surface area contributed by atoms with Crippen molar-refractivity contribution < 1.29 is 117 Å². The Bertz CT molecular complexity index is 2080. The number of unbranched alkanes of at least 4 members (excludes halogenated alkanes) is 37. The van der Waals surface area contributed by atoms with Crippen LogP contribution in [0.2, 0.25) is 0 Å². The van der Waals surface area contributed by atoms with Crippen molar-refractivity contribution in [2.45, 2.75) is 407 Å². The number of phosphoric acid groups is 1. The molecule has 3 aliphatic rings. The highest BCUT2D eigenvalue weighted by molar-refractivity contribution is 7.47. The number of carbonyl (C=O) groups is 3. The number of hydrogen-bond donors (Lipinski definition) is 11. The first-order valence-electron chi connectivity index (χ1n) is 38.5. The standard InChI is InChI=1S/C73H135O24P/c1-4-7-10-13-16-19-22-25-27-29-30-33-36-38-41-44-47-57(75)89-51-54(92-59(77)49-46-43-40-37-34-31-28-26-23-20-17-14-11-8-5-2)52-91-98(87,88)97-71-69(95-72-67(85)62(80)60(78)55(50-74)93-72)65(83)64(82)66(84)70(71)96-73-68(86)63(81)61(79)56(94-73)53-90-58(76)48-45-42-39-35-32-24-21-18-15-12-9-6-3/h20,23,54-56,60-74,78-86H,4-19,21-22,24-53H2,1-3H3,(H,87,88)/b23-20-. The fourth-order valence-corrected chi connectivity index (χ4v) is 13.7. The van der Waals surface area contributed by atoms with Gasteiger partial charge in [0.25, 0.3) is 0 Å². The van der Waals surface area contributed by atoms with E-state index in [0.717, 1.165) is 109 Å². The maximum absolute atomic E-state index is 14.3. The van der Waals surface area contributed by atoms with Crippen LogP contribution in [0.4, 0.5) is 0 Å². The molecule has 0 spiro atoms. The maximum atomic E-state index is 14.3. The van der Waals surface area contributed by atoms with Crippen LogP contribution >= 0.6 is 7.82 Å². The maximum Gasteiger partial charge on any atom is 0.472 e. The number of ether oxygens (including phenoxy) is 7. The van der Waals surface area contributed by atoms with E-state index in [0.29, 0.717) is 19.3 Å². The summed E-state index contributed by atoms with van der Waals surface area (Å²) >= 11 is 0. The number of phosphoric ester groups is 1. The van der Waals surface area contributed by atoms with Crippen LogP contribution in [0.15, 0.2) is 12.2 Å². The van der Waals surface area contributed by atoms with Crippen LogP contribution in [0.3, 0.4) is 0 Å². The molecule has 3 rings (SSSR count). The van der Waals surface area contributed by atoms with Crippen molar-refractivity contribution in [2.75, 3.05) is 26.4 Å². The van der Waals surface area contributed by atoms with Gasteiger partial charge in [-0.05, 0) is 44.9 Å². The number of esters is 3. The van der Waals surface area contributed by atoms with Gasteiger partial charge in [-0.15, -0.1) is 0 Å². The monoisotopic (exact) mass is 1430 g/mol. The van der Waals surface area contributed by atoms with Crippen molar-refractivity contribution in [3.8, 4) is 0 Å². The quantitative estimate of drug-likeness (QED) is 0.00886. The zero-order valence-electron chi connectivity index (χ0n) is 60.1. The SMILES string of the molecule is CCCCCC/C=C\CCCCCCCCCC(=O)OC(COC(=O)CCCCCCCCCCCCCCCCCC)COP(=O)(O)OC1C(OC2OC(CO)C(O)C(O)C2O)C(O)C(O)C(O)C1OC1OC(COC(=O)CCCCCCCCCCCCCC)C(O)C(O)C1O. The number of carbonyl (C=O) groups excluding carboxylic acids is 3. The Kier molecular flexibility index (Phi) is 50.7. The van der Waals surface area contributed by atoms with Crippen molar-refractivity contribution >= 4 is 25.7 Å². The van der Waals surface area contributed by atoms with E-state index in [2.05, 4.69) is 32.9 Å². The largest absolute Gasteiger partial charge is 0.472 e. The first kappa shape index (κ1) is 89.9.